The zero-order valence-corrected chi connectivity index (χ0v) is 8.24. The fraction of sp³-hybridized carbons (Fsp3) is 0.333. The molecule has 8 heteroatoms. The van der Waals surface area contributed by atoms with E-state index in [1.165, 1.54) is 0 Å². The van der Waals surface area contributed by atoms with Crippen molar-refractivity contribution in [1.82, 2.24) is 10.6 Å². The number of amides is 4. The van der Waals surface area contributed by atoms with Crippen LogP contribution in [0.25, 0.3) is 0 Å². The third kappa shape index (κ3) is 1.50. The molecule has 2 heterocycles. The topological polar surface area (TPSA) is 92.3 Å². The number of carbonyl (C=O) groups excluding carboxylic acids is 4. The van der Waals surface area contributed by atoms with Crippen molar-refractivity contribution in [1.29, 1.82) is 0 Å². The number of carbonyl (C=O) groups is 4. The second-order valence-electron chi connectivity index (χ2n) is 2.63. The van der Waals surface area contributed by atoms with Gasteiger partial charge in [-0.1, -0.05) is 0 Å². The van der Waals surface area contributed by atoms with Gasteiger partial charge in [0, 0.05) is 0 Å². The Morgan fingerprint density at radius 3 is 1.36 bits per heavy atom. The van der Waals surface area contributed by atoms with Gasteiger partial charge in [0.05, 0.1) is 0 Å². The van der Waals surface area contributed by atoms with E-state index in [0.717, 1.165) is 23.5 Å². The Balaban J connectivity index is 2.16. The summed E-state index contributed by atoms with van der Waals surface area (Å²) in [6.07, 6.45) is 0. The Morgan fingerprint density at radius 2 is 1.14 bits per heavy atom. The molecule has 0 bridgehead atoms. The van der Waals surface area contributed by atoms with Crippen LogP contribution in [0.5, 0.6) is 0 Å². The largest absolute Gasteiger partial charge is 0.286 e. The summed E-state index contributed by atoms with van der Waals surface area (Å²) in [6, 6.07) is 0. The van der Waals surface area contributed by atoms with Gasteiger partial charge in [0.25, 0.3) is 10.5 Å². The summed E-state index contributed by atoms with van der Waals surface area (Å²) in [6.45, 7) is 0. The monoisotopic (exact) mass is 232 g/mol. The fourth-order valence-electron chi connectivity index (χ4n) is 1.14. The first-order valence-corrected chi connectivity index (χ1v) is 5.37. The van der Waals surface area contributed by atoms with Crippen molar-refractivity contribution >= 4 is 45.8 Å². The van der Waals surface area contributed by atoms with Gasteiger partial charge in [-0.2, -0.15) is 0 Å². The van der Waals surface area contributed by atoms with Crippen LogP contribution in [0.2, 0.25) is 0 Å². The SMILES string of the molecule is O=C1NC(=O)[C@@H]([C@H]2SC(=O)NC2=O)S1. The van der Waals surface area contributed by atoms with Crippen LogP contribution < -0.4 is 10.6 Å². The van der Waals surface area contributed by atoms with E-state index in [0.29, 0.717) is 0 Å². The molecule has 2 aliphatic heterocycles. The maximum absolute atomic E-state index is 11.2. The highest BCUT2D eigenvalue weighted by Gasteiger charge is 2.46. The Hall–Kier alpha value is -1.02. The first-order chi connectivity index (χ1) is 6.58. The van der Waals surface area contributed by atoms with E-state index < -0.39 is 32.8 Å². The Bertz CT molecular complexity index is 322. The van der Waals surface area contributed by atoms with Gasteiger partial charge < -0.3 is 0 Å². The molecular weight excluding hydrogens is 228 g/mol. The van der Waals surface area contributed by atoms with Crippen molar-refractivity contribution in [2.24, 2.45) is 0 Å². The molecule has 2 aliphatic rings. The molecule has 2 saturated heterocycles. The molecular formula is C6H4N2O4S2. The average Bonchev–Trinajstić information content (AvgIpc) is 2.55. The van der Waals surface area contributed by atoms with Crippen LogP contribution in [0.15, 0.2) is 0 Å². The summed E-state index contributed by atoms with van der Waals surface area (Å²) in [5.41, 5.74) is 0. The number of hydrogen-bond donors (Lipinski definition) is 2. The fourth-order valence-corrected chi connectivity index (χ4v) is 3.08. The summed E-state index contributed by atoms with van der Waals surface area (Å²) < 4.78 is 0. The Labute approximate surface area is 86.5 Å². The van der Waals surface area contributed by atoms with Gasteiger partial charge >= 0.3 is 0 Å². The predicted octanol–water partition coefficient (Wildman–Crippen LogP) is -0.310. The van der Waals surface area contributed by atoms with Crippen LogP contribution in [-0.2, 0) is 9.59 Å². The van der Waals surface area contributed by atoms with Gasteiger partial charge in [0.15, 0.2) is 0 Å². The molecule has 4 amide bonds. The molecule has 0 aromatic rings. The normalized spacial score (nSPS) is 32.0. The molecule has 2 fully saturated rings. The number of imide groups is 2. The minimum atomic E-state index is -0.793. The van der Waals surface area contributed by atoms with E-state index in [2.05, 4.69) is 10.6 Å². The molecule has 0 spiro atoms. The van der Waals surface area contributed by atoms with Crippen LogP contribution >= 0.6 is 23.5 Å². The van der Waals surface area contributed by atoms with Crippen LogP contribution in [0.3, 0.4) is 0 Å². The van der Waals surface area contributed by atoms with Crippen molar-refractivity contribution < 1.29 is 19.2 Å². The molecule has 0 aromatic carbocycles. The molecule has 0 aromatic heterocycles. The second-order valence-corrected chi connectivity index (χ2v) is 4.86. The summed E-state index contributed by atoms with van der Waals surface area (Å²) in [5.74, 6) is -1.02. The molecule has 6 nitrogen and oxygen atoms in total. The lowest BCUT2D eigenvalue weighted by Gasteiger charge is -2.07. The van der Waals surface area contributed by atoms with Gasteiger partial charge in [0.1, 0.15) is 10.5 Å². The van der Waals surface area contributed by atoms with E-state index in [1.54, 1.807) is 0 Å². The maximum atomic E-state index is 11.2. The average molecular weight is 232 g/mol. The molecule has 0 aliphatic carbocycles. The van der Waals surface area contributed by atoms with Crippen LogP contribution in [0.1, 0.15) is 0 Å². The lowest BCUT2D eigenvalue weighted by atomic mass is 10.2. The van der Waals surface area contributed by atoms with E-state index >= 15 is 0 Å². The first-order valence-electron chi connectivity index (χ1n) is 3.61. The zero-order chi connectivity index (χ0) is 10.3. The molecule has 2 atom stereocenters. The minimum Gasteiger partial charge on any atom is -0.286 e. The molecule has 0 saturated carbocycles. The number of hydrogen-bond acceptors (Lipinski definition) is 6. The van der Waals surface area contributed by atoms with Crippen molar-refractivity contribution in [3.63, 3.8) is 0 Å². The minimum absolute atomic E-state index is 0.479. The molecule has 0 radical (unpaired) electrons. The summed E-state index contributed by atoms with van der Waals surface area (Å²) in [5, 5.41) is 1.58. The van der Waals surface area contributed by atoms with Gasteiger partial charge in [-0.05, 0) is 23.5 Å². The maximum Gasteiger partial charge on any atom is 0.286 e. The molecule has 2 N–H and O–H groups in total. The quantitative estimate of drug-likeness (QED) is 0.644. The summed E-state index contributed by atoms with van der Waals surface area (Å²) in [4.78, 5) is 44.0. The Morgan fingerprint density at radius 1 is 0.786 bits per heavy atom. The van der Waals surface area contributed by atoms with Gasteiger partial charge in [-0.15, -0.1) is 0 Å². The molecule has 0 unspecified atom stereocenters. The Kier molecular flexibility index (Phi) is 2.23. The molecule has 74 valence electrons. The lowest BCUT2D eigenvalue weighted by Crippen LogP contribution is -2.36. The van der Waals surface area contributed by atoms with Crippen LogP contribution in [0.4, 0.5) is 9.59 Å². The van der Waals surface area contributed by atoms with Crippen molar-refractivity contribution in [3.05, 3.63) is 0 Å². The van der Waals surface area contributed by atoms with Gasteiger partial charge in [0.2, 0.25) is 11.8 Å². The summed E-state index contributed by atoms with van der Waals surface area (Å²) in [7, 11) is 0. The first kappa shape index (κ1) is 9.53. The number of thioether (sulfide) groups is 2. The highest BCUT2D eigenvalue weighted by atomic mass is 32.2. The van der Waals surface area contributed by atoms with Crippen molar-refractivity contribution in [2.45, 2.75) is 10.5 Å². The van der Waals surface area contributed by atoms with Gasteiger partial charge in [-0.25, -0.2) is 0 Å². The highest BCUT2D eigenvalue weighted by molar-refractivity contribution is 8.19. The van der Waals surface area contributed by atoms with E-state index in [9.17, 15) is 19.2 Å². The van der Waals surface area contributed by atoms with E-state index in [1.807, 2.05) is 0 Å². The second kappa shape index (κ2) is 3.28. The third-order valence-electron chi connectivity index (χ3n) is 1.71. The molecule has 2 rings (SSSR count). The van der Waals surface area contributed by atoms with E-state index in [4.69, 9.17) is 0 Å². The molecule has 14 heavy (non-hydrogen) atoms. The number of rotatable bonds is 1. The predicted molar refractivity (Wildman–Crippen MR) is 49.8 cm³/mol. The number of nitrogens with one attached hydrogen (secondary N) is 2. The van der Waals surface area contributed by atoms with Crippen molar-refractivity contribution in [3.8, 4) is 0 Å². The third-order valence-corrected chi connectivity index (χ3v) is 4.00. The zero-order valence-electron chi connectivity index (χ0n) is 6.60. The summed E-state index contributed by atoms with van der Waals surface area (Å²) >= 11 is 1.49. The van der Waals surface area contributed by atoms with Crippen LogP contribution in [0, 0.1) is 0 Å². The van der Waals surface area contributed by atoms with Crippen molar-refractivity contribution in [2.75, 3.05) is 0 Å². The van der Waals surface area contributed by atoms with Crippen LogP contribution in [-0.4, -0.2) is 32.8 Å². The van der Waals surface area contributed by atoms with E-state index in [-0.39, 0.29) is 0 Å². The lowest BCUT2D eigenvalue weighted by molar-refractivity contribution is -0.123. The highest BCUT2D eigenvalue weighted by Crippen LogP contribution is 2.32. The smallest absolute Gasteiger partial charge is 0.286 e. The standard InChI is InChI=1S/C6H4N2O4S2/c9-3-1(13-5(11)7-3)2-4(10)8-6(12)14-2/h1-2H,(H,7,9,11)(H,8,10,12)/t1-,2-/m1/s1. The van der Waals surface area contributed by atoms with Gasteiger partial charge in [-0.3, -0.25) is 29.8 Å².